The molecule has 1 atom stereocenters. The van der Waals surface area contributed by atoms with Crippen LogP contribution >= 0.6 is 0 Å². The third kappa shape index (κ3) is 2.50. The number of imide groups is 1. The molecule has 100 valence electrons. The maximum absolute atomic E-state index is 12.3. The Bertz CT molecular complexity index is 517. The van der Waals surface area contributed by atoms with Crippen LogP contribution in [0.15, 0.2) is 36.0 Å². The van der Waals surface area contributed by atoms with Crippen LogP contribution in [0.1, 0.15) is 19.8 Å². The number of carbonyl (C=O) groups excluding carboxylic acids is 3. The highest BCUT2D eigenvalue weighted by atomic mass is 16.2. The summed E-state index contributed by atoms with van der Waals surface area (Å²) in [7, 11) is 0. The van der Waals surface area contributed by atoms with Crippen LogP contribution in [0.5, 0.6) is 0 Å². The average Bonchev–Trinajstić information content (AvgIpc) is 2.63. The molecule has 2 rings (SSSR count). The molecule has 19 heavy (non-hydrogen) atoms. The van der Waals surface area contributed by atoms with E-state index in [2.05, 4.69) is 11.9 Å². The van der Waals surface area contributed by atoms with Gasteiger partial charge >= 0.3 is 0 Å². The maximum atomic E-state index is 12.3. The summed E-state index contributed by atoms with van der Waals surface area (Å²) in [6, 6.07) is -0.546. The largest absolute Gasteiger partial charge is 0.323 e. The second-order valence-corrected chi connectivity index (χ2v) is 4.69. The molecule has 0 aromatic rings. The number of nitrogens with one attached hydrogen (secondary N) is 1. The lowest BCUT2D eigenvalue weighted by molar-refractivity contribution is -0.142. The molecule has 1 fully saturated rings. The molecule has 5 nitrogen and oxygen atoms in total. The molecule has 0 saturated carbocycles. The van der Waals surface area contributed by atoms with Crippen LogP contribution in [0.4, 0.5) is 0 Å². The van der Waals surface area contributed by atoms with E-state index in [-0.39, 0.29) is 24.1 Å². The van der Waals surface area contributed by atoms with Gasteiger partial charge in [-0.2, -0.15) is 0 Å². The molecule has 0 aromatic carbocycles. The Morgan fingerprint density at radius 2 is 2.11 bits per heavy atom. The molecule has 1 saturated heterocycles. The molecular formula is C14H16N2O3. The first-order valence-corrected chi connectivity index (χ1v) is 6.18. The summed E-state index contributed by atoms with van der Waals surface area (Å²) in [6.45, 7) is 5.87. The first-order chi connectivity index (χ1) is 9.04. The van der Waals surface area contributed by atoms with Crippen molar-refractivity contribution in [3.05, 3.63) is 36.0 Å². The van der Waals surface area contributed by atoms with Gasteiger partial charge in [-0.25, -0.2) is 0 Å². The van der Waals surface area contributed by atoms with Gasteiger partial charge in [0.1, 0.15) is 6.04 Å². The maximum Gasteiger partial charge on any atom is 0.254 e. The fourth-order valence-electron chi connectivity index (χ4n) is 2.36. The van der Waals surface area contributed by atoms with E-state index in [4.69, 9.17) is 0 Å². The predicted molar refractivity (Wildman–Crippen MR) is 69.9 cm³/mol. The molecule has 0 bridgehead atoms. The zero-order valence-corrected chi connectivity index (χ0v) is 10.8. The molecule has 3 amide bonds. The van der Waals surface area contributed by atoms with Crippen molar-refractivity contribution in [2.75, 3.05) is 6.54 Å². The average molecular weight is 260 g/mol. The Morgan fingerprint density at radius 3 is 2.74 bits per heavy atom. The topological polar surface area (TPSA) is 66.5 Å². The van der Waals surface area contributed by atoms with Crippen molar-refractivity contribution in [3.63, 3.8) is 0 Å². The second kappa shape index (κ2) is 5.22. The number of rotatable bonds is 3. The molecular weight excluding hydrogens is 244 g/mol. The van der Waals surface area contributed by atoms with E-state index < -0.39 is 6.04 Å². The minimum absolute atomic E-state index is 0.162. The molecule has 0 aliphatic carbocycles. The van der Waals surface area contributed by atoms with Crippen molar-refractivity contribution in [2.45, 2.75) is 25.8 Å². The van der Waals surface area contributed by atoms with Crippen LogP contribution in [0.2, 0.25) is 0 Å². The first kappa shape index (κ1) is 13.3. The van der Waals surface area contributed by atoms with Gasteiger partial charge < -0.3 is 4.90 Å². The van der Waals surface area contributed by atoms with Gasteiger partial charge in [-0.1, -0.05) is 18.7 Å². The summed E-state index contributed by atoms with van der Waals surface area (Å²) in [5.74, 6) is -0.819. The Morgan fingerprint density at radius 1 is 1.37 bits per heavy atom. The summed E-state index contributed by atoms with van der Waals surface area (Å²) in [4.78, 5) is 36.7. The van der Waals surface area contributed by atoms with Crippen molar-refractivity contribution in [2.24, 2.45) is 0 Å². The van der Waals surface area contributed by atoms with Crippen LogP contribution in [0.25, 0.3) is 0 Å². The summed E-state index contributed by atoms with van der Waals surface area (Å²) in [5, 5.41) is 2.28. The highest BCUT2D eigenvalue weighted by Crippen LogP contribution is 2.25. The third-order valence-electron chi connectivity index (χ3n) is 3.34. The SMILES string of the molecule is C=C/C=C\C1=C(C)CN([C@@H]2CCC(=O)NC2=O)C1=O. The lowest BCUT2D eigenvalue weighted by atomic mass is 10.0. The van der Waals surface area contributed by atoms with Gasteiger partial charge in [0.25, 0.3) is 5.91 Å². The van der Waals surface area contributed by atoms with Crippen molar-refractivity contribution in [1.29, 1.82) is 0 Å². The van der Waals surface area contributed by atoms with Gasteiger partial charge in [-0.3, -0.25) is 19.7 Å². The van der Waals surface area contributed by atoms with Crippen molar-refractivity contribution in [1.82, 2.24) is 10.2 Å². The van der Waals surface area contributed by atoms with E-state index in [9.17, 15) is 14.4 Å². The lowest BCUT2D eigenvalue weighted by Crippen LogP contribution is -2.53. The summed E-state index contributed by atoms with van der Waals surface area (Å²) >= 11 is 0. The molecule has 2 aliphatic heterocycles. The first-order valence-electron chi connectivity index (χ1n) is 6.18. The van der Waals surface area contributed by atoms with E-state index in [1.807, 2.05) is 6.92 Å². The van der Waals surface area contributed by atoms with Crippen molar-refractivity contribution in [3.8, 4) is 0 Å². The molecule has 0 spiro atoms. The molecule has 0 unspecified atom stereocenters. The van der Waals surface area contributed by atoms with E-state index in [1.165, 1.54) is 4.90 Å². The molecule has 5 heteroatoms. The smallest absolute Gasteiger partial charge is 0.254 e. The Kier molecular flexibility index (Phi) is 3.64. The highest BCUT2D eigenvalue weighted by molar-refractivity contribution is 6.05. The molecule has 0 radical (unpaired) electrons. The Hall–Kier alpha value is -2.17. The Labute approximate surface area is 111 Å². The van der Waals surface area contributed by atoms with Crippen LogP contribution in [0, 0.1) is 0 Å². The molecule has 2 aliphatic rings. The Balaban J connectivity index is 2.15. The van der Waals surface area contributed by atoms with Gasteiger partial charge in [0, 0.05) is 18.5 Å². The molecule has 1 N–H and O–H groups in total. The highest BCUT2D eigenvalue weighted by Gasteiger charge is 2.38. The number of hydrogen-bond acceptors (Lipinski definition) is 3. The van der Waals surface area contributed by atoms with Gasteiger partial charge in [0.15, 0.2) is 0 Å². The zero-order valence-electron chi connectivity index (χ0n) is 10.8. The van der Waals surface area contributed by atoms with Crippen molar-refractivity contribution >= 4 is 17.7 Å². The third-order valence-corrected chi connectivity index (χ3v) is 3.34. The number of hydrogen-bond donors (Lipinski definition) is 1. The van der Waals surface area contributed by atoms with Crippen LogP contribution < -0.4 is 5.32 Å². The van der Waals surface area contributed by atoms with E-state index in [0.29, 0.717) is 18.5 Å². The van der Waals surface area contributed by atoms with Gasteiger partial charge in [0.2, 0.25) is 11.8 Å². The fourth-order valence-corrected chi connectivity index (χ4v) is 2.36. The minimum Gasteiger partial charge on any atom is -0.323 e. The zero-order chi connectivity index (χ0) is 14.0. The quantitative estimate of drug-likeness (QED) is 0.600. The monoisotopic (exact) mass is 260 g/mol. The van der Waals surface area contributed by atoms with Crippen LogP contribution in [-0.2, 0) is 14.4 Å². The van der Waals surface area contributed by atoms with Gasteiger partial charge in [0.05, 0.1) is 0 Å². The normalized spacial score (nSPS) is 24.4. The van der Waals surface area contributed by atoms with Gasteiger partial charge in [-0.15, -0.1) is 0 Å². The second-order valence-electron chi connectivity index (χ2n) is 4.69. The molecule has 2 heterocycles. The van der Waals surface area contributed by atoms with E-state index >= 15 is 0 Å². The van der Waals surface area contributed by atoms with Crippen molar-refractivity contribution < 1.29 is 14.4 Å². The summed E-state index contributed by atoms with van der Waals surface area (Å²) < 4.78 is 0. The number of carbonyl (C=O) groups is 3. The summed E-state index contributed by atoms with van der Waals surface area (Å²) in [6.07, 6.45) is 5.67. The minimum atomic E-state index is -0.546. The fraction of sp³-hybridized carbons (Fsp3) is 0.357. The van der Waals surface area contributed by atoms with Crippen LogP contribution in [0.3, 0.4) is 0 Å². The number of amides is 3. The van der Waals surface area contributed by atoms with E-state index in [0.717, 1.165) is 5.57 Å². The molecule has 0 aromatic heterocycles. The standard InChI is InChI=1S/C14H16N2O3/c1-3-4-5-10-9(2)8-16(14(10)19)11-6-7-12(17)15-13(11)18/h3-5,11H,1,6-8H2,2H3,(H,15,17,18)/b5-4-/t11-/m1/s1. The van der Waals surface area contributed by atoms with E-state index in [1.54, 1.807) is 18.2 Å². The number of allylic oxidation sites excluding steroid dienone is 2. The number of nitrogens with zero attached hydrogens (tertiary/aromatic N) is 1. The lowest BCUT2D eigenvalue weighted by Gasteiger charge is -2.29. The van der Waals surface area contributed by atoms with Gasteiger partial charge in [-0.05, 0) is 25.0 Å². The van der Waals surface area contributed by atoms with Crippen LogP contribution in [-0.4, -0.2) is 35.2 Å². The predicted octanol–water partition coefficient (Wildman–Crippen LogP) is 0.692. The number of piperidine rings is 1. The summed E-state index contributed by atoms with van der Waals surface area (Å²) in [5.41, 5.74) is 1.53.